The molecular formula is C14H15NO2. The molecule has 2 aromatic carbocycles. The maximum absolute atomic E-state index is 5.40. The molecule has 0 spiro atoms. The fourth-order valence-electron chi connectivity index (χ4n) is 1.84. The fourth-order valence-corrected chi connectivity index (χ4v) is 1.84. The largest absolute Gasteiger partial charge is 0.496 e. The summed E-state index contributed by atoms with van der Waals surface area (Å²) < 4.78 is 5.31. The lowest BCUT2D eigenvalue weighted by Gasteiger charge is -2.17. The highest BCUT2D eigenvalue weighted by Gasteiger charge is 2.17. The summed E-state index contributed by atoms with van der Waals surface area (Å²) in [5, 5.41) is 0. The minimum atomic E-state index is -0.313. The Bertz CT molecular complexity index is 471. The van der Waals surface area contributed by atoms with Gasteiger partial charge in [0.2, 0.25) is 0 Å². The molecule has 0 bridgehead atoms. The van der Waals surface area contributed by atoms with Crippen LogP contribution < -0.4 is 10.6 Å². The molecule has 0 aliphatic heterocycles. The summed E-state index contributed by atoms with van der Waals surface area (Å²) in [6, 6.07) is 17.5. The van der Waals surface area contributed by atoms with Crippen molar-refractivity contribution in [2.24, 2.45) is 5.90 Å². The maximum Gasteiger partial charge on any atom is 0.132 e. The Balaban J connectivity index is 2.42. The number of ether oxygens (including phenoxy) is 1. The van der Waals surface area contributed by atoms with Crippen LogP contribution in [0.15, 0.2) is 54.6 Å². The van der Waals surface area contributed by atoms with Crippen molar-refractivity contribution in [3.05, 3.63) is 65.7 Å². The van der Waals surface area contributed by atoms with Gasteiger partial charge in [0.25, 0.3) is 0 Å². The number of rotatable bonds is 4. The SMILES string of the molecule is COc1ccccc1C(ON)c1ccccc1. The van der Waals surface area contributed by atoms with Gasteiger partial charge in [-0.2, -0.15) is 0 Å². The highest BCUT2D eigenvalue weighted by molar-refractivity contribution is 5.40. The molecule has 0 saturated heterocycles. The molecule has 0 aliphatic rings. The molecule has 3 heteroatoms. The molecule has 1 unspecified atom stereocenters. The van der Waals surface area contributed by atoms with Crippen molar-refractivity contribution in [3.8, 4) is 5.75 Å². The molecular weight excluding hydrogens is 214 g/mol. The Morgan fingerprint density at radius 3 is 2.24 bits per heavy atom. The molecule has 0 fully saturated rings. The van der Waals surface area contributed by atoms with E-state index in [1.807, 2.05) is 54.6 Å². The molecule has 2 rings (SSSR count). The Kier molecular flexibility index (Phi) is 3.75. The van der Waals surface area contributed by atoms with Gasteiger partial charge >= 0.3 is 0 Å². The van der Waals surface area contributed by atoms with Gasteiger partial charge in [-0.3, -0.25) is 4.84 Å². The van der Waals surface area contributed by atoms with Gasteiger partial charge < -0.3 is 4.74 Å². The van der Waals surface area contributed by atoms with Crippen LogP contribution in [0.5, 0.6) is 5.75 Å². The molecule has 0 saturated carbocycles. The van der Waals surface area contributed by atoms with Gasteiger partial charge in [-0.15, -0.1) is 0 Å². The van der Waals surface area contributed by atoms with Gasteiger partial charge in [-0.05, 0) is 11.6 Å². The summed E-state index contributed by atoms with van der Waals surface area (Å²) in [7, 11) is 1.64. The minimum absolute atomic E-state index is 0.313. The van der Waals surface area contributed by atoms with Crippen LogP contribution in [0.3, 0.4) is 0 Å². The van der Waals surface area contributed by atoms with Crippen LogP contribution >= 0.6 is 0 Å². The van der Waals surface area contributed by atoms with Crippen LogP contribution in [0.1, 0.15) is 17.2 Å². The van der Waals surface area contributed by atoms with E-state index in [9.17, 15) is 0 Å². The van der Waals surface area contributed by atoms with Crippen molar-refractivity contribution < 1.29 is 9.57 Å². The number of benzene rings is 2. The van der Waals surface area contributed by atoms with E-state index in [-0.39, 0.29) is 6.10 Å². The predicted octanol–water partition coefficient (Wildman–Crippen LogP) is 2.67. The second-order valence-corrected chi connectivity index (χ2v) is 3.67. The number of nitrogens with two attached hydrogens (primary N) is 1. The van der Waals surface area contributed by atoms with Gasteiger partial charge in [0.1, 0.15) is 11.9 Å². The zero-order valence-corrected chi connectivity index (χ0v) is 9.67. The van der Waals surface area contributed by atoms with Crippen molar-refractivity contribution in [1.82, 2.24) is 0 Å². The lowest BCUT2D eigenvalue weighted by Crippen LogP contribution is -2.11. The zero-order valence-electron chi connectivity index (χ0n) is 9.67. The van der Waals surface area contributed by atoms with Crippen LogP contribution in [0.4, 0.5) is 0 Å². The Labute approximate surface area is 101 Å². The van der Waals surface area contributed by atoms with Crippen molar-refractivity contribution in [2.75, 3.05) is 7.11 Å². The van der Waals surface area contributed by atoms with E-state index in [1.54, 1.807) is 7.11 Å². The summed E-state index contributed by atoms with van der Waals surface area (Å²) >= 11 is 0. The standard InChI is InChI=1S/C14H15NO2/c1-16-13-10-6-5-9-12(13)14(17-15)11-7-3-2-4-8-11/h2-10,14H,15H2,1H3. The first-order valence-electron chi connectivity index (χ1n) is 5.40. The molecule has 0 aliphatic carbocycles. The molecule has 2 N–H and O–H groups in total. The van der Waals surface area contributed by atoms with E-state index < -0.39 is 0 Å². The molecule has 0 aromatic heterocycles. The highest BCUT2D eigenvalue weighted by atomic mass is 16.6. The predicted molar refractivity (Wildman–Crippen MR) is 66.6 cm³/mol. The van der Waals surface area contributed by atoms with Crippen LogP contribution in [-0.4, -0.2) is 7.11 Å². The topological polar surface area (TPSA) is 44.5 Å². The molecule has 1 atom stereocenters. The van der Waals surface area contributed by atoms with Crippen LogP contribution in [-0.2, 0) is 4.84 Å². The molecule has 0 radical (unpaired) electrons. The lowest BCUT2D eigenvalue weighted by molar-refractivity contribution is 0.0795. The first-order chi connectivity index (χ1) is 8.36. The summed E-state index contributed by atoms with van der Waals surface area (Å²) in [6.45, 7) is 0. The van der Waals surface area contributed by atoms with Gasteiger partial charge in [0.15, 0.2) is 0 Å². The van der Waals surface area contributed by atoms with Crippen LogP contribution in [0, 0.1) is 0 Å². The smallest absolute Gasteiger partial charge is 0.132 e. The van der Waals surface area contributed by atoms with Gasteiger partial charge in [-0.25, -0.2) is 5.90 Å². The van der Waals surface area contributed by atoms with Crippen molar-refractivity contribution in [2.45, 2.75) is 6.10 Å². The summed E-state index contributed by atoms with van der Waals surface area (Å²) in [5.74, 6) is 6.18. The summed E-state index contributed by atoms with van der Waals surface area (Å²) in [6.07, 6.45) is -0.313. The minimum Gasteiger partial charge on any atom is -0.496 e. The third-order valence-corrected chi connectivity index (χ3v) is 2.66. The second kappa shape index (κ2) is 5.48. The van der Waals surface area contributed by atoms with E-state index in [1.165, 1.54) is 0 Å². The maximum atomic E-state index is 5.40. The summed E-state index contributed by atoms with van der Waals surface area (Å²) in [5.41, 5.74) is 1.92. The van der Waals surface area contributed by atoms with Gasteiger partial charge in [0, 0.05) is 5.56 Å². The molecule has 0 amide bonds. The lowest BCUT2D eigenvalue weighted by atomic mass is 10.0. The van der Waals surface area contributed by atoms with Crippen LogP contribution in [0.25, 0.3) is 0 Å². The van der Waals surface area contributed by atoms with Gasteiger partial charge in [0.05, 0.1) is 7.11 Å². The highest BCUT2D eigenvalue weighted by Crippen LogP contribution is 2.31. The molecule has 2 aromatic rings. The Morgan fingerprint density at radius 1 is 0.941 bits per heavy atom. The quantitative estimate of drug-likeness (QED) is 0.820. The van der Waals surface area contributed by atoms with Crippen molar-refractivity contribution in [3.63, 3.8) is 0 Å². The third-order valence-electron chi connectivity index (χ3n) is 2.66. The Morgan fingerprint density at radius 2 is 1.59 bits per heavy atom. The number of para-hydroxylation sites is 1. The first-order valence-corrected chi connectivity index (χ1v) is 5.40. The average Bonchev–Trinajstić information content (AvgIpc) is 2.41. The third kappa shape index (κ3) is 2.46. The van der Waals surface area contributed by atoms with E-state index in [0.717, 1.165) is 16.9 Å². The van der Waals surface area contributed by atoms with E-state index in [0.29, 0.717) is 0 Å². The molecule has 3 nitrogen and oxygen atoms in total. The molecule has 17 heavy (non-hydrogen) atoms. The van der Waals surface area contributed by atoms with E-state index in [2.05, 4.69) is 0 Å². The first kappa shape index (κ1) is 11.6. The number of hydrogen-bond acceptors (Lipinski definition) is 3. The van der Waals surface area contributed by atoms with E-state index in [4.69, 9.17) is 15.5 Å². The average molecular weight is 229 g/mol. The monoisotopic (exact) mass is 229 g/mol. The van der Waals surface area contributed by atoms with Crippen molar-refractivity contribution >= 4 is 0 Å². The second-order valence-electron chi connectivity index (χ2n) is 3.67. The molecule has 88 valence electrons. The molecule has 0 heterocycles. The number of hydrogen-bond donors (Lipinski definition) is 1. The van der Waals surface area contributed by atoms with Crippen molar-refractivity contribution in [1.29, 1.82) is 0 Å². The normalized spacial score (nSPS) is 12.1. The zero-order chi connectivity index (χ0) is 12.1. The van der Waals surface area contributed by atoms with E-state index >= 15 is 0 Å². The summed E-state index contributed by atoms with van der Waals surface area (Å²) in [4.78, 5) is 5.08. The fraction of sp³-hybridized carbons (Fsp3) is 0.143. The van der Waals surface area contributed by atoms with Gasteiger partial charge in [-0.1, -0.05) is 48.5 Å². The Hall–Kier alpha value is -1.84. The number of methoxy groups -OCH3 is 1. The van der Waals surface area contributed by atoms with Crippen LogP contribution in [0.2, 0.25) is 0 Å².